The van der Waals surface area contributed by atoms with E-state index in [1.165, 1.54) is 12.1 Å². The highest BCUT2D eigenvalue weighted by molar-refractivity contribution is 5.90. The summed E-state index contributed by atoms with van der Waals surface area (Å²) in [4.78, 5) is 22.4. The van der Waals surface area contributed by atoms with Gasteiger partial charge >= 0.3 is 12.0 Å². The van der Waals surface area contributed by atoms with Crippen molar-refractivity contribution in [2.45, 2.75) is 39.2 Å². The van der Waals surface area contributed by atoms with E-state index in [4.69, 9.17) is 5.11 Å². The smallest absolute Gasteiger partial charge is 0.319 e. The maximum atomic E-state index is 13.3. The van der Waals surface area contributed by atoms with Crippen LogP contribution in [0.2, 0.25) is 0 Å². The fourth-order valence-electron chi connectivity index (χ4n) is 1.69. The molecule has 0 bridgehead atoms. The highest BCUT2D eigenvalue weighted by Crippen LogP contribution is 2.18. The van der Waals surface area contributed by atoms with Gasteiger partial charge in [-0.15, -0.1) is 0 Å². The van der Waals surface area contributed by atoms with Crippen molar-refractivity contribution in [3.8, 4) is 0 Å². The number of carbonyl (C=O) groups is 2. The average Bonchev–Trinajstić information content (AvgIpc) is 2.32. The van der Waals surface area contributed by atoms with Gasteiger partial charge in [0.15, 0.2) is 0 Å². The Balaban J connectivity index is 2.63. The van der Waals surface area contributed by atoms with Gasteiger partial charge in [0.1, 0.15) is 5.82 Å². The second-order valence-corrected chi connectivity index (χ2v) is 5.27. The maximum absolute atomic E-state index is 13.3. The summed E-state index contributed by atoms with van der Waals surface area (Å²) in [5.41, 5.74) is 0.0755. The van der Waals surface area contributed by atoms with Crippen molar-refractivity contribution in [3.63, 3.8) is 0 Å². The Hall–Kier alpha value is -2.11. The van der Waals surface area contributed by atoms with Gasteiger partial charge in [-0.3, -0.25) is 4.79 Å². The number of carboxylic acids is 1. The highest BCUT2D eigenvalue weighted by atomic mass is 19.1. The van der Waals surface area contributed by atoms with Crippen LogP contribution in [0.5, 0.6) is 0 Å². The van der Waals surface area contributed by atoms with E-state index in [2.05, 4.69) is 10.6 Å². The van der Waals surface area contributed by atoms with Crippen molar-refractivity contribution >= 4 is 17.7 Å². The van der Waals surface area contributed by atoms with Crippen LogP contribution in [-0.4, -0.2) is 22.6 Å². The van der Waals surface area contributed by atoms with Gasteiger partial charge in [-0.1, -0.05) is 6.07 Å². The van der Waals surface area contributed by atoms with E-state index in [9.17, 15) is 14.0 Å². The Morgan fingerprint density at radius 1 is 1.35 bits per heavy atom. The molecule has 0 saturated heterocycles. The molecule has 0 atom stereocenters. The van der Waals surface area contributed by atoms with Crippen LogP contribution >= 0.6 is 0 Å². The van der Waals surface area contributed by atoms with Crippen LogP contribution in [0.1, 0.15) is 32.3 Å². The molecule has 0 fully saturated rings. The zero-order valence-corrected chi connectivity index (χ0v) is 11.8. The third-order valence-corrected chi connectivity index (χ3v) is 2.93. The van der Waals surface area contributed by atoms with Gasteiger partial charge in [0.05, 0.1) is 0 Å². The van der Waals surface area contributed by atoms with E-state index in [1.807, 2.05) is 0 Å². The number of rotatable bonds is 5. The van der Waals surface area contributed by atoms with Crippen LogP contribution < -0.4 is 10.6 Å². The molecule has 110 valence electrons. The highest BCUT2D eigenvalue weighted by Gasteiger charge is 2.21. The molecule has 1 aromatic carbocycles. The van der Waals surface area contributed by atoms with E-state index < -0.39 is 23.4 Å². The van der Waals surface area contributed by atoms with Crippen molar-refractivity contribution in [2.75, 3.05) is 5.32 Å². The van der Waals surface area contributed by atoms with Gasteiger partial charge in [-0.2, -0.15) is 0 Å². The zero-order chi connectivity index (χ0) is 15.3. The van der Waals surface area contributed by atoms with Crippen molar-refractivity contribution in [1.82, 2.24) is 5.32 Å². The van der Waals surface area contributed by atoms with Gasteiger partial charge in [-0.25, -0.2) is 9.18 Å². The lowest BCUT2D eigenvalue weighted by Gasteiger charge is -2.26. The molecule has 0 unspecified atom stereocenters. The molecule has 0 aromatic heterocycles. The molecule has 20 heavy (non-hydrogen) atoms. The van der Waals surface area contributed by atoms with E-state index in [-0.39, 0.29) is 6.42 Å². The lowest BCUT2D eigenvalue weighted by Crippen LogP contribution is -2.45. The average molecular weight is 282 g/mol. The van der Waals surface area contributed by atoms with Gasteiger partial charge < -0.3 is 15.7 Å². The van der Waals surface area contributed by atoms with Crippen molar-refractivity contribution in [1.29, 1.82) is 0 Å². The number of hydrogen-bond acceptors (Lipinski definition) is 2. The van der Waals surface area contributed by atoms with Gasteiger partial charge in [0, 0.05) is 23.2 Å². The predicted octanol–water partition coefficient (Wildman–Crippen LogP) is 2.90. The van der Waals surface area contributed by atoms with Gasteiger partial charge in [-0.05, 0) is 39.3 Å². The monoisotopic (exact) mass is 282 g/mol. The molecular weight excluding hydrogens is 263 g/mol. The fraction of sp³-hybridized carbons (Fsp3) is 0.429. The topological polar surface area (TPSA) is 78.4 Å². The summed E-state index contributed by atoms with van der Waals surface area (Å²) >= 11 is 0. The van der Waals surface area contributed by atoms with Crippen LogP contribution in [0.3, 0.4) is 0 Å². The quantitative estimate of drug-likeness (QED) is 0.777. The van der Waals surface area contributed by atoms with Crippen LogP contribution in [0.15, 0.2) is 18.2 Å². The van der Waals surface area contributed by atoms with Crippen LogP contribution in [0.4, 0.5) is 14.9 Å². The molecule has 0 aliphatic heterocycles. The molecule has 0 aliphatic carbocycles. The number of urea groups is 1. The first-order valence-electron chi connectivity index (χ1n) is 6.27. The molecule has 2 amide bonds. The minimum atomic E-state index is -0.916. The van der Waals surface area contributed by atoms with Crippen molar-refractivity contribution in [2.24, 2.45) is 0 Å². The summed E-state index contributed by atoms with van der Waals surface area (Å²) in [6.07, 6.45) is 0.268. The molecule has 3 N–H and O–H groups in total. The first kappa shape index (κ1) is 15.9. The normalized spacial score (nSPS) is 11.0. The number of anilines is 1. The standard InChI is InChI=1S/C14H19FN2O3/c1-9-10(15)5-4-6-11(9)16-13(20)17-14(2,3)8-7-12(18)19/h4-6H,7-8H2,1-3H3,(H,18,19)(H2,16,17,20). The Kier molecular flexibility index (Phi) is 5.07. The zero-order valence-electron chi connectivity index (χ0n) is 11.8. The van der Waals surface area contributed by atoms with E-state index in [0.29, 0.717) is 17.7 Å². The molecular formula is C14H19FN2O3. The Morgan fingerprint density at radius 2 is 2.00 bits per heavy atom. The largest absolute Gasteiger partial charge is 0.481 e. The number of hydrogen-bond donors (Lipinski definition) is 3. The molecule has 0 radical (unpaired) electrons. The first-order valence-corrected chi connectivity index (χ1v) is 6.27. The summed E-state index contributed by atoms with van der Waals surface area (Å²) < 4.78 is 13.3. The molecule has 0 spiro atoms. The molecule has 0 saturated carbocycles. The number of aliphatic carboxylic acids is 1. The summed E-state index contributed by atoms with van der Waals surface area (Å²) in [6.45, 7) is 5.03. The lowest BCUT2D eigenvalue weighted by molar-refractivity contribution is -0.137. The van der Waals surface area contributed by atoms with E-state index >= 15 is 0 Å². The van der Waals surface area contributed by atoms with Crippen LogP contribution in [0.25, 0.3) is 0 Å². The SMILES string of the molecule is Cc1c(F)cccc1NC(=O)NC(C)(C)CCC(=O)O. The molecule has 5 nitrogen and oxygen atoms in total. The van der Waals surface area contributed by atoms with Crippen LogP contribution in [0, 0.1) is 12.7 Å². The Morgan fingerprint density at radius 3 is 2.60 bits per heavy atom. The summed E-state index contributed by atoms with van der Waals surface area (Å²) in [5, 5.41) is 13.9. The van der Waals surface area contributed by atoms with E-state index in [0.717, 1.165) is 0 Å². The molecule has 1 aromatic rings. The maximum Gasteiger partial charge on any atom is 0.319 e. The van der Waals surface area contributed by atoms with Crippen molar-refractivity contribution in [3.05, 3.63) is 29.6 Å². The Bertz CT molecular complexity index is 515. The summed E-state index contributed by atoms with van der Waals surface area (Å²) in [7, 11) is 0. The number of halogens is 1. The molecule has 0 aliphatic rings. The number of carbonyl (C=O) groups excluding carboxylic acids is 1. The number of benzene rings is 1. The third kappa shape index (κ3) is 4.87. The fourth-order valence-corrected chi connectivity index (χ4v) is 1.69. The number of carboxylic acid groups (broad SMARTS) is 1. The van der Waals surface area contributed by atoms with Gasteiger partial charge in [0.2, 0.25) is 0 Å². The molecule has 1 rings (SSSR count). The second-order valence-electron chi connectivity index (χ2n) is 5.27. The van der Waals surface area contributed by atoms with Gasteiger partial charge in [0.25, 0.3) is 0 Å². The molecule has 0 heterocycles. The third-order valence-electron chi connectivity index (χ3n) is 2.93. The summed E-state index contributed by atoms with van der Waals surface area (Å²) in [5.74, 6) is -1.31. The number of amides is 2. The Labute approximate surface area is 117 Å². The summed E-state index contributed by atoms with van der Waals surface area (Å²) in [6, 6.07) is 3.93. The molecule has 6 heteroatoms. The minimum Gasteiger partial charge on any atom is -0.481 e. The second kappa shape index (κ2) is 6.36. The first-order chi connectivity index (χ1) is 9.21. The lowest BCUT2D eigenvalue weighted by atomic mass is 9.99. The van der Waals surface area contributed by atoms with E-state index in [1.54, 1.807) is 26.8 Å². The van der Waals surface area contributed by atoms with Crippen molar-refractivity contribution < 1.29 is 19.1 Å². The predicted molar refractivity (Wildman–Crippen MR) is 74.2 cm³/mol. The van der Waals surface area contributed by atoms with Crippen LogP contribution in [-0.2, 0) is 4.79 Å². The minimum absolute atomic E-state index is 0.0354. The number of nitrogens with one attached hydrogen (secondary N) is 2.